The maximum Gasteiger partial charge on any atom is 0.268 e. The summed E-state index contributed by atoms with van der Waals surface area (Å²) in [4.78, 5) is 12.6. The first-order valence-electron chi connectivity index (χ1n) is 8.44. The minimum absolute atomic E-state index is 0.00234. The van der Waals surface area contributed by atoms with Gasteiger partial charge in [-0.3, -0.25) is 14.6 Å². The van der Waals surface area contributed by atoms with Crippen LogP contribution in [-0.2, 0) is 6.42 Å². The van der Waals surface area contributed by atoms with E-state index < -0.39 is 0 Å². The van der Waals surface area contributed by atoms with Crippen LogP contribution in [0, 0.1) is 19.8 Å². The molecule has 0 bridgehead atoms. The highest BCUT2D eigenvalue weighted by Crippen LogP contribution is 2.28. The van der Waals surface area contributed by atoms with Crippen molar-refractivity contribution in [3.05, 3.63) is 75.6 Å². The lowest BCUT2D eigenvalue weighted by atomic mass is 9.97. The average molecular weight is 320 g/mol. The fourth-order valence-corrected chi connectivity index (χ4v) is 3.07. The number of rotatable bonds is 4. The zero-order chi connectivity index (χ0) is 17.3. The molecule has 0 unspecified atom stereocenters. The zero-order valence-electron chi connectivity index (χ0n) is 14.8. The molecule has 0 aliphatic rings. The van der Waals surface area contributed by atoms with E-state index in [1.54, 1.807) is 0 Å². The van der Waals surface area contributed by atoms with Crippen LogP contribution in [0.1, 0.15) is 30.5 Å². The molecule has 3 heteroatoms. The van der Waals surface area contributed by atoms with Crippen LogP contribution >= 0.6 is 0 Å². The van der Waals surface area contributed by atoms with Gasteiger partial charge in [-0.1, -0.05) is 55.8 Å². The molecule has 0 atom stereocenters. The van der Waals surface area contributed by atoms with Crippen molar-refractivity contribution in [1.82, 2.24) is 9.78 Å². The number of aryl methyl sites for hydroxylation is 2. The third-order valence-corrected chi connectivity index (χ3v) is 4.30. The van der Waals surface area contributed by atoms with Crippen LogP contribution in [0.25, 0.3) is 16.9 Å². The average Bonchev–Trinajstić information content (AvgIpc) is 2.85. The predicted molar refractivity (Wildman–Crippen MR) is 99.8 cm³/mol. The molecule has 0 saturated carbocycles. The summed E-state index contributed by atoms with van der Waals surface area (Å²) in [5.41, 5.74) is 6.30. The molecule has 24 heavy (non-hydrogen) atoms. The number of hydrogen-bond acceptors (Lipinski definition) is 1. The summed E-state index contributed by atoms with van der Waals surface area (Å²) in [6.45, 7) is 8.44. The smallest absolute Gasteiger partial charge is 0.268 e. The first-order chi connectivity index (χ1) is 11.5. The van der Waals surface area contributed by atoms with Gasteiger partial charge in [-0.2, -0.15) is 0 Å². The molecule has 1 aromatic heterocycles. The second kappa shape index (κ2) is 6.52. The normalized spacial score (nSPS) is 11.2. The molecule has 0 fully saturated rings. The van der Waals surface area contributed by atoms with Gasteiger partial charge in [0.2, 0.25) is 0 Å². The summed E-state index contributed by atoms with van der Waals surface area (Å²) in [5.74, 6) is 0.419. The lowest BCUT2D eigenvalue weighted by molar-refractivity contribution is 0.645. The van der Waals surface area contributed by atoms with Gasteiger partial charge < -0.3 is 0 Å². The summed E-state index contributed by atoms with van der Waals surface area (Å²) in [6.07, 6.45) is 0.762. The van der Waals surface area contributed by atoms with E-state index in [2.05, 4.69) is 57.1 Å². The maximum atomic E-state index is 12.6. The summed E-state index contributed by atoms with van der Waals surface area (Å²) >= 11 is 0. The van der Waals surface area contributed by atoms with Crippen molar-refractivity contribution in [3.8, 4) is 16.9 Å². The number of aromatic amines is 1. The highest BCUT2D eigenvalue weighted by molar-refractivity contribution is 5.69. The van der Waals surface area contributed by atoms with Crippen molar-refractivity contribution in [2.75, 3.05) is 0 Å². The monoisotopic (exact) mass is 320 g/mol. The first kappa shape index (κ1) is 16.3. The molecule has 1 N–H and O–H groups in total. The molecule has 3 rings (SSSR count). The van der Waals surface area contributed by atoms with E-state index in [-0.39, 0.29) is 5.56 Å². The number of nitrogens with one attached hydrogen (secondary N) is 1. The summed E-state index contributed by atoms with van der Waals surface area (Å²) in [5, 5.41) is 3.04. The van der Waals surface area contributed by atoms with Gasteiger partial charge in [0.05, 0.1) is 11.4 Å². The Bertz CT molecular complexity index is 898. The summed E-state index contributed by atoms with van der Waals surface area (Å²) in [6, 6.07) is 16.5. The van der Waals surface area contributed by atoms with Crippen molar-refractivity contribution in [1.29, 1.82) is 0 Å². The van der Waals surface area contributed by atoms with E-state index in [1.165, 1.54) is 11.1 Å². The minimum Gasteiger partial charge on any atom is -0.268 e. The SMILES string of the molecule is Cc1ccc(-n2[nH]c(=O)c(CC(C)C)c2-c2ccccc2C)cc1. The van der Waals surface area contributed by atoms with Gasteiger partial charge >= 0.3 is 0 Å². The van der Waals surface area contributed by atoms with E-state index in [9.17, 15) is 4.79 Å². The molecular formula is C21H24N2O. The Labute approximate surface area is 143 Å². The van der Waals surface area contributed by atoms with Gasteiger partial charge in [0.15, 0.2) is 0 Å². The largest absolute Gasteiger partial charge is 0.268 e. The van der Waals surface area contributed by atoms with Crippen LogP contribution in [0.15, 0.2) is 53.3 Å². The van der Waals surface area contributed by atoms with Crippen LogP contribution in [0.5, 0.6) is 0 Å². The molecule has 1 heterocycles. The third kappa shape index (κ3) is 3.07. The third-order valence-electron chi connectivity index (χ3n) is 4.30. The van der Waals surface area contributed by atoms with E-state index in [1.807, 2.05) is 28.9 Å². The molecule has 0 spiro atoms. The van der Waals surface area contributed by atoms with Crippen molar-refractivity contribution in [2.24, 2.45) is 5.92 Å². The fourth-order valence-electron chi connectivity index (χ4n) is 3.07. The van der Waals surface area contributed by atoms with Gasteiger partial charge in [-0.15, -0.1) is 0 Å². The summed E-state index contributed by atoms with van der Waals surface area (Å²) in [7, 11) is 0. The molecule has 0 aliphatic carbocycles. The Morgan fingerprint density at radius 1 is 1.00 bits per heavy atom. The highest BCUT2D eigenvalue weighted by atomic mass is 16.1. The Balaban J connectivity index is 2.28. The topological polar surface area (TPSA) is 37.8 Å². The number of aromatic nitrogens is 2. The molecule has 0 saturated heterocycles. The van der Waals surface area contributed by atoms with Crippen LogP contribution in [-0.4, -0.2) is 9.78 Å². The molecular weight excluding hydrogens is 296 g/mol. The van der Waals surface area contributed by atoms with Crippen molar-refractivity contribution < 1.29 is 0 Å². The Hall–Kier alpha value is -2.55. The molecule has 2 aromatic carbocycles. The van der Waals surface area contributed by atoms with Crippen LogP contribution in [0.3, 0.4) is 0 Å². The van der Waals surface area contributed by atoms with Crippen molar-refractivity contribution in [3.63, 3.8) is 0 Å². The van der Waals surface area contributed by atoms with Gasteiger partial charge in [0.25, 0.3) is 5.56 Å². The molecule has 3 aromatic rings. The number of H-pyrrole nitrogens is 1. The predicted octanol–water partition coefficient (Wildman–Crippen LogP) is 4.65. The second-order valence-corrected chi connectivity index (χ2v) is 6.85. The summed E-state index contributed by atoms with van der Waals surface area (Å²) < 4.78 is 1.93. The second-order valence-electron chi connectivity index (χ2n) is 6.85. The van der Waals surface area contributed by atoms with Crippen molar-refractivity contribution >= 4 is 0 Å². The van der Waals surface area contributed by atoms with E-state index >= 15 is 0 Å². The van der Waals surface area contributed by atoms with Gasteiger partial charge in [0, 0.05) is 11.1 Å². The minimum atomic E-state index is 0.00234. The molecule has 124 valence electrons. The lowest BCUT2D eigenvalue weighted by Crippen LogP contribution is -2.09. The zero-order valence-corrected chi connectivity index (χ0v) is 14.8. The number of benzene rings is 2. The molecule has 0 aliphatic heterocycles. The Kier molecular flexibility index (Phi) is 4.43. The fraction of sp³-hybridized carbons (Fsp3) is 0.286. The van der Waals surface area contributed by atoms with E-state index in [4.69, 9.17) is 0 Å². The molecule has 0 radical (unpaired) electrons. The quantitative estimate of drug-likeness (QED) is 0.746. The van der Waals surface area contributed by atoms with Gasteiger partial charge in [-0.05, 0) is 43.9 Å². The number of nitrogens with zero attached hydrogens (tertiary/aromatic N) is 1. The Morgan fingerprint density at radius 3 is 2.29 bits per heavy atom. The molecule has 3 nitrogen and oxygen atoms in total. The molecule has 0 amide bonds. The van der Waals surface area contributed by atoms with Crippen LogP contribution in [0.4, 0.5) is 0 Å². The van der Waals surface area contributed by atoms with E-state index in [0.29, 0.717) is 5.92 Å². The standard InChI is InChI=1S/C21H24N2O/c1-14(2)13-19-20(18-8-6-5-7-16(18)4)23(22-21(19)24)17-11-9-15(3)10-12-17/h5-12,14H,13H2,1-4H3,(H,22,24). The first-order valence-corrected chi connectivity index (χ1v) is 8.44. The Morgan fingerprint density at radius 2 is 1.67 bits per heavy atom. The van der Waals surface area contributed by atoms with Gasteiger partial charge in [0.1, 0.15) is 0 Å². The van der Waals surface area contributed by atoms with Crippen LogP contribution in [0.2, 0.25) is 0 Å². The van der Waals surface area contributed by atoms with Crippen molar-refractivity contribution in [2.45, 2.75) is 34.1 Å². The maximum absolute atomic E-state index is 12.6. The van der Waals surface area contributed by atoms with Gasteiger partial charge in [-0.25, -0.2) is 0 Å². The highest BCUT2D eigenvalue weighted by Gasteiger charge is 2.19. The lowest BCUT2D eigenvalue weighted by Gasteiger charge is -2.13. The van der Waals surface area contributed by atoms with E-state index in [0.717, 1.165) is 28.9 Å². The van der Waals surface area contributed by atoms with Crippen LogP contribution < -0.4 is 5.56 Å². The number of hydrogen-bond donors (Lipinski definition) is 1.